The van der Waals surface area contributed by atoms with Crippen LogP contribution in [0.25, 0.3) is 0 Å². The molecule has 5 nitrogen and oxygen atoms in total. The molecule has 0 aliphatic rings. The Morgan fingerprint density at radius 2 is 1.69 bits per heavy atom. The summed E-state index contributed by atoms with van der Waals surface area (Å²) in [6.45, 7) is 0. The number of hydrogen-bond acceptors (Lipinski definition) is 4. The van der Waals surface area contributed by atoms with Gasteiger partial charge in [0.25, 0.3) is 0 Å². The Bertz CT molecular complexity index is 358. The predicted molar refractivity (Wildman–Crippen MR) is 41.2 cm³/mol. The molecular formula is C8H5NO4. The number of aliphatic carboxylic acids is 1. The maximum atomic E-state index is 11.0. The van der Waals surface area contributed by atoms with E-state index in [2.05, 4.69) is 4.98 Å². The van der Waals surface area contributed by atoms with E-state index in [-0.39, 0.29) is 5.56 Å². The van der Waals surface area contributed by atoms with Gasteiger partial charge in [-0.2, -0.15) is 0 Å². The van der Waals surface area contributed by atoms with Crippen molar-refractivity contribution < 1.29 is 19.5 Å². The first-order chi connectivity index (χ1) is 6.13. The number of Topliss-reactive ketones (excluding diaryl/α,β-unsaturated/α-hetero) is 2. The maximum Gasteiger partial charge on any atom is 0.380 e. The molecule has 13 heavy (non-hydrogen) atoms. The molecule has 1 rings (SSSR count). The quantitative estimate of drug-likeness (QED) is 0.398. The first-order valence-corrected chi connectivity index (χ1v) is 3.35. The van der Waals surface area contributed by atoms with Crippen molar-refractivity contribution in [2.45, 2.75) is 0 Å². The largest absolute Gasteiger partial charge is 0.475 e. The second-order valence-corrected chi connectivity index (χ2v) is 2.20. The number of carboxylic acids is 1. The Labute approximate surface area is 73.0 Å². The number of hydrogen-bond donors (Lipinski definition) is 1. The molecule has 1 heterocycles. The van der Waals surface area contributed by atoms with Gasteiger partial charge >= 0.3 is 11.8 Å². The van der Waals surface area contributed by atoms with Crippen LogP contribution in [0.1, 0.15) is 10.4 Å². The van der Waals surface area contributed by atoms with E-state index in [9.17, 15) is 14.4 Å². The van der Waals surface area contributed by atoms with E-state index in [1.807, 2.05) is 0 Å². The Kier molecular flexibility index (Phi) is 2.49. The summed E-state index contributed by atoms with van der Waals surface area (Å²) < 4.78 is 0. The standard InChI is InChI=1S/C8H5NO4/c10-6(7(11)8(12)13)5-1-3-9-4-2-5/h1-4H,(H,12,13). The van der Waals surface area contributed by atoms with Gasteiger partial charge in [0.05, 0.1) is 0 Å². The van der Waals surface area contributed by atoms with Crippen LogP contribution in [0.3, 0.4) is 0 Å². The third-order valence-electron chi connectivity index (χ3n) is 1.34. The molecule has 0 bridgehead atoms. The second kappa shape index (κ2) is 3.57. The number of pyridine rings is 1. The molecule has 5 heteroatoms. The zero-order valence-corrected chi connectivity index (χ0v) is 6.43. The van der Waals surface area contributed by atoms with Crippen LogP contribution in [0.5, 0.6) is 0 Å². The summed E-state index contributed by atoms with van der Waals surface area (Å²) in [6, 6.07) is 2.56. The average molecular weight is 179 g/mol. The number of ketones is 2. The van der Waals surface area contributed by atoms with Crippen molar-refractivity contribution in [1.29, 1.82) is 0 Å². The third kappa shape index (κ3) is 1.96. The topological polar surface area (TPSA) is 84.3 Å². The van der Waals surface area contributed by atoms with E-state index >= 15 is 0 Å². The highest BCUT2D eigenvalue weighted by molar-refractivity contribution is 6.65. The first-order valence-electron chi connectivity index (χ1n) is 3.35. The van der Waals surface area contributed by atoms with Crippen LogP contribution in [0.15, 0.2) is 24.5 Å². The minimum atomic E-state index is -1.75. The number of rotatable bonds is 3. The van der Waals surface area contributed by atoms with Gasteiger partial charge in [-0.3, -0.25) is 14.6 Å². The van der Waals surface area contributed by atoms with Crippen molar-refractivity contribution >= 4 is 17.5 Å². The first kappa shape index (κ1) is 9.05. The van der Waals surface area contributed by atoms with Crippen LogP contribution in [0, 0.1) is 0 Å². The lowest BCUT2D eigenvalue weighted by Gasteiger charge is -1.93. The monoisotopic (exact) mass is 179 g/mol. The molecule has 66 valence electrons. The zero-order valence-electron chi connectivity index (χ0n) is 6.43. The van der Waals surface area contributed by atoms with E-state index < -0.39 is 17.5 Å². The van der Waals surface area contributed by atoms with Gasteiger partial charge in [0.2, 0.25) is 5.78 Å². The van der Waals surface area contributed by atoms with Gasteiger partial charge in [-0.1, -0.05) is 0 Å². The third-order valence-corrected chi connectivity index (χ3v) is 1.34. The maximum absolute atomic E-state index is 11.0. The molecule has 0 radical (unpaired) electrons. The highest BCUT2D eigenvalue weighted by atomic mass is 16.4. The van der Waals surface area contributed by atoms with Gasteiger partial charge in [0.1, 0.15) is 0 Å². The molecule has 0 aromatic carbocycles. The fraction of sp³-hybridized carbons (Fsp3) is 0. The molecule has 0 atom stereocenters. The molecule has 1 aromatic heterocycles. The number of aromatic nitrogens is 1. The van der Waals surface area contributed by atoms with E-state index in [1.54, 1.807) is 0 Å². The average Bonchev–Trinajstić information content (AvgIpc) is 2.17. The van der Waals surface area contributed by atoms with E-state index in [1.165, 1.54) is 24.5 Å². The Hall–Kier alpha value is -2.04. The Morgan fingerprint density at radius 3 is 2.15 bits per heavy atom. The molecular weight excluding hydrogens is 174 g/mol. The van der Waals surface area contributed by atoms with Crippen LogP contribution in [0.2, 0.25) is 0 Å². The molecule has 0 aliphatic heterocycles. The molecule has 1 N–H and O–H groups in total. The van der Waals surface area contributed by atoms with Crippen molar-refractivity contribution in [3.63, 3.8) is 0 Å². The molecule has 0 aliphatic carbocycles. The van der Waals surface area contributed by atoms with Crippen LogP contribution in [-0.4, -0.2) is 27.6 Å². The van der Waals surface area contributed by atoms with Gasteiger partial charge in [-0.15, -0.1) is 0 Å². The second-order valence-electron chi connectivity index (χ2n) is 2.20. The number of carbonyl (C=O) groups excluding carboxylic acids is 2. The fourth-order valence-corrected chi connectivity index (χ4v) is 0.732. The minimum absolute atomic E-state index is 0.0300. The lowest BCUT2D eigenvalue weighted by Crippen LogP contribution is -2.23. The van der Waals surface area contributed by atoms with Crippen LogP contribution >= 0.6 is 0 Å². The zero-order chi connectivity index (χ0) is 9.84. The smallest absolute Gasteiger partial charge is 0.380 e. The minimum Gasteiger partial charge on any atom is -0.475 e. The molecule has 0 saturated carbocycles. The Morgan fingerprint density at radius 1 is 1.15 bits per heavy atom. The molecule has 1 aromatic rings. The predicted octanol–water partition coefficient (Wildman–Crippen LogP) is -0.0820. The number of nitrogens with zero attached hydrogens (tertiary/aromatic N) is 1. The van der Waals surface area contributed by atoms with Crippen LogP contribution in [-0.2, 0) is 9.59 Å². The normalized spacial score (nSPS) is 9.23. The summed E-state index contributed by atoms with van der Waals surface area (Å²) in [6.07, 6.45) is 2.62. The van der Waals surface area contributed by atoms with Gasteiger partial charge in [-0.25, -0.2) is 4.79 Å². The SMILES string of the molecule is O=C(O)C(=O)C(=O)c1ccncc1. The lowest BCUT2D eigenvalue weighted by atomic mass is 10.1. The summed E-state index contributed by atoms with van der Waals surface area (Å²) in [5.41, 5.74) is 0.0300. The van der Waals surface area contributed by atoms with Gasteiger partial charge in [-0.05, 0) is 12.1 Å². The molecule has 0 unspecified atom stereocenters. The number of carboxylic acid groups (broad SMARTS) is 1. The lowest BCUT2D eigenvalue weighted by molar-refractivity contribution is -0.146. The van der Waals surface area contributed by atoms with Crippen LogP contribution in [0.4, 0.5) is 0 Å². The van der Waals surface area contributed by atoms with Crippen molar-refractivity contribution in [3.8, 4) is 0 Å². The van der Waals surface area contributed by atoms with E-state index in [0.717, 1.165) is 0 Å². The molecule has 0 fully saturated rings. The summed E-state index contributed by atoms with van der Waals surface area (Å²) in [5.74, 6) is -4.22. The summed E-state index contributed by atoms with van der Waals surface area (Å²) in [4.78, 5) is 35.5. The summed E-state index contributed by atoms with van der Waals surface area (Å²) >= 11 is 0. The van der Waals surface area contributed by atoms with Crippen molar-refractivity contribution in [3.05, 3.63) is 30.1 Å². The van der Waals surface area contributed by atoms with Gasteiger partial charge in [0, 0.05) is 18.0 Å². The molecule has 0 amide bonds. The van der Waals surface area contributed by atoms with E-state index in [0.29, 0.717) is 0 Å². The summed E-state index contributed by atoms with van der Waals surface area (Å²) in [7, 11) is 0. The van der Waals surface area contributed by atoms with Crippen molar-refractivity contribution in [2.24, 2.45) is 0 Å². The number of carbonyl (C=O) groups is 3. The molecule has 0 spiro atoms. The summed E-state index contributed by atoms with van der Waals surface area (Å²) in [5, 5.41) is 8.23. The van der Waals surface area contributed by atoms with E-state index in [4.69, 9.17) is 5.11 Å². The Balaban J connectivity index is 2.93. The highest BCUT2D eigenvalue weighted by Crippen LogP contribution is 1.98. The van der Waals surface area contributed by atoms with Crippen molar-refractivity contribution in [2.75, 3.05) is 0 Å². The van der Waals surface area contributed by atoms with Crippen LogP contribution < -0.4 is 0 Å². The highest BCUT2D eigenvalue weighted by Gasteiger charge is 2.22. The van der Waals surface area contributed by atoms with Gasteiger partial charge in [0.15, 0.2) is 0 Å². The molecule has 0 saturated heterocycles. The van der Waals surface area contributed by atoms with Crippen molar-refractivity contribution in [1.82, 2.24) is 4.98 Å². The van der Waals surface area contributed by atoms with Gasteiger partial charge < -0.3 is 5.11 Å². The fourth-order valence-electron chi connectivity index (χ4n) is 0.732.